The third-order valence-electron chi connectivity index (χ3n) is 1.29. The van der Waals surface area contributed by atoms with E-state index in [-0.39, 0.29) is 6.10 Å². The first kappa shape index (κ1) is 4.81. The molecule has 2 heteroatoms. The molecule has 1 atom stereocenters. The predicted molar refractivity (Wildman–Crippen MR) is 25.9 cm³/mol. The standard InChI is InChI=1S/C5H8O2/c1-4-2-3-5(4)7-6/h2,5-6H,3H2,1H3. The second-order valence-corrected chi connectivity index (χ2v) is 1.78. The highest BCUT2D eigenvalue weighted by Crippen LogP contribution is 2.20. The van der Waals surface area contributed by atoms with Crippen molar-refractivity contribution in [1.82, 2.24) is 0 Å². The zero-order valence-electron chi connectivity index (χ0n) is 4.22. The molecule has 0 saturated heterocycles. The molecular formula is C5H8O2. The van der Waals surface area contributed by atoms with Crippen LogP contribution in [0.15, 0.2) is 11.6 Å². The van der Waals surface area contributed by atoms with Gasteiger partial charge in [-0.1, -0.05) is 6.08 Å². The summed E-state index contributed by atoms with van der Waals surface area (Å²) in [6, 6.07) is 0. The highest BCUT2D eigenvalue weighted by atomic mass is 17.1. The van der Waals surface area contributed by atoms with Gasteiger partial charge in [0.1, 0.15) is 6.10 Å². The average molecular weight is 100 g/mol. The van der Waals surface area contributed by atoms with Crippen molar-refractivity contribution in [2.75, 3.05) is 0 Å². The lowest BCUT2D eigenvalue weighted by Crippen LogP contribution is -2.18. The van der Waals surface area contributed by atoms with Crippen LogP contribution in [0.5, 0.6) is 0 Å². The smallest absolute Gasteiger partial charge is 0.117 e. The Balaban J connectivity index is 2.37. The molecule has 0 aromatic heterocycles. The van der Waals surface area contributed by atoms with Gasteiger partial charge in [-0.3, -0.25) is 5.26 Å². The fraction of sp³-hybridized carbons (Fsp3) is 0.600. The second-order valence-electron chi connectivity index (χ2n) is 1.78. The molecule has 0 fully saturated rings. The Morgan fingerprint density at radius 2 is 2.71 bits per heavy atom. The molecule has 1 unspecified atom stereocenters. The van der Waals surface area contributed by atoms with E-state index in [1.165, 1.54) is 0 Å². The third-order valence-corrected chi connectivity index (χ3v) is 1.29. The summed E-state index contributed by atoms with van der Waals surface area (Å²) in [4.78, 5) is 4.03. The largest absolute Gasteiger partial charge is 0.251 e. The van der Waals surface area contributed by atoms with Gasteiger partial charge in [-0.2, -0.15) is 0 Å². The van der Waals surface area contributed by atoms with Crippen molar-refractivity contribution in [1.29, 1.82) is 0 Å². The quantitative estimate of drug-likeness (QED) is 0.305. The summed E-state index contributed by atoms with van der Waals surface area (Å²) in [5, 5.41) is 8.02. The Hall–Kier alpha value is -0.340. The van der Waals surface area contributed by atoms with Crippen LogP contribution >= 0.6 is 0 Å². The summed E-state index contributed by atoms with van der Waals surface area (Å²) in [5.74, 6) is 0. The first-order valence-corrected chi connectivity index (χ1v) is 2.31. The van der Waals surface area contributed by atoms with Crippen LogP contribution in [-0.4, -0.2) is 11.4 Å². The maximum atomic E-state index is 8.02. The Morgan fingerprint density at radius 1 is 2.00 bits per heavy atom. The maximum Gasteiger partial charge on any atom is 0.117 e. The molecule has 1 aliphatic rings. The van der Waals surface area contributed by atoms with E-state index in [0.29, 0.717) is 0 Å². The third kappa shape index (κ3) is 0.667. The highest BCUT2D eigenvalue weighted by molar-refractivity contribution is 5.16. The van der Waals surface area contributed by atoms with Crippen molar-refractivity contribution < 1.29 is 10.1 Å². The summed E-state index contributed by atoms with van der Waals surface area (Å²) in [5.41, 5.74) is 1.13. The minimum atomic E-state index is -0.000000000000000222. The predicted octanol–water partition coefficient (Wildman–Crippen LogP) is 1.19. The summed E-state index contributed by atoms with van der Waals surface area (Å²) in [7, 11) is 0. The van der Waals surface area contributed by atoms with Crippen molar-refractivity contribution in [2.24, 2.45) is 0 Å². The Morgan fingerprint density at radius 3 is 2.71 bits per heavy atom. The zero-order valence-corrected chi connectivity index (χ0v) is 4.22. The van der Waals surface area contributed by atoms with Gasteiger partial charge in [-0.05, 0) is 18.9 Å². The normalized spacial score (nSPS) is 28.9. The van der Waals surface area contributed by atoms with Crippen molar-refractivity contribution in [3.05, 3.63) is 11.6 Å². The highest BCUT2D eigenvalue weighted by Gasteiger charge is 2.16. The van der Waals surface area contributed by atoms with E-state index in [2.05, 4.69) is 4.89 Å². The molecule has 0 aromatic rings. The second kappa shape index (κ2) is 1.64. The van der Waals surface area contributed by atoms with Crippen LogP contribution in [-0.2, 0) is 4.89 Å². The first-order valence-electron chi connectivity index (χ1n) is 2.31. The Bertz CT molecular complexity index is 96.3. The van der Waals surface area contributed by atoms with E-state index < -0.39 is 0 Å². The lowest BCUT2D eigenvalue weighted by Gasteiger charge is -2.19. The van der Waals surface area contributed by atoms with Crippen LogP contribution < -0.4 is 0 Å². The molecule has 1 rings (SSSR count). The molecule has 0 bridgehead atoms. The fourth-order valence-corrected chi connectivity index (χ4v) is 0.576. The van der Waals surface area contributed by atoms with E-state index in [4.69, 9.17) is 5.26 Å². The monoisotopic (exact) mass is 100 g/mol. The zero-order chi connectivity index (χ0) is 5.28. The van der Waals surface area contributed by atoms with Crippen molar-refractivity contribution in [3.8, 4) is 0 Å². The first-order chi connectivity index (χ1) is 3.34. The summed E-state index contributed by atoms with van der Waals surface area (Å²) < 4.78 is 0. The minimum Gasteiger partial charge on any atom is -0.251 e. The van der Waals surface area contributed by atoms with Gasteiger partial charge in [0.2, 0.25) is 0 Å². The molecule has 2 nitrogen and oxygen atoms in total. The van der Waals surface area contributed by atoms with Crippen LogP contribution in [0.2, 0.25) is 0 Å². The molecule has 1 aliphatic carbocycles. The molecular weight excluding hydrogens is 92.1 g/mol. The van der Waals surface area contributed by atoms with Crippen LogP contribution in [0.4, 0.5) is 0 Å². The number of hydrogen-bond acceptors (Lipinski definition) is 2. The van der Waals surface area contributed by atoms with Gasteiger partial charge in [-0.25, -0.2) is 4.89 Å². The minimum absolute atomic E-state index is 0.000000000000000222. The van der Waals surface area contributed by atoms with Crippen LogP contribution in [0, 0.1) is 0 Å². The molecule has 40 valence electrons. The summed E-state index contributed by atoms with van der Waals surface area (Å²) in [6.07, 6.45) is 2.89. The van der Waals surface area contributed by atoms with Gasteiger partial charge in [0.25, 0.3) is 0 Å². The molecule has 1 N–H and O–H groups in total. The molecule has 0 aromatic carbocycles. The Labute approximate surface area is 42.3 Å². The molecule has 0 spiro atoms. The van der Waals surface area contributed by atoms with Gasteiger partial charge in [0, 0.05) is 0 Å². The molecule has 0 heterocycles. The lowest BCUT2D eigenvalue weighted by atomic mass is 9.97. The SMILES string of the molecule is CC1=CCC1OO. The van der Waals surface area contributed by atoms with Gasteiger partial charge in [0.15, 0.2) is 0 Å². The van der Waals surface area contributed by atoms with E-state index >= 15 is 0 Å². The van der Waals surface area contributed by atoms with E-state index in [9.17, 15) is 0 Å². The molecule has 0 aliphatic heterocycles. The van der Waals surface area contributed by atoms with Crippen LogP contribution in [0.3, 0.4) is 0 Å². The summed E-state index contributed by atoms with van der Waals surface area (Å²) in [6.45, 7) is 1.93. The van der Waals surface area contributed by atoms with Crippen LogP contribution in [0.25, 0.3) is 0 Å². The molecule has 0 saturated carbocycles. The van der Waals surface area contributed by atoms with E-state index in [1.807, 2.05) is 13.0 Å². The molecule has 0 amide bonds. The molecule has 0 radical (unpaired) electrons. The average Bonchev–Trinajstić information content (AvgIpc) is 1.65. The van der Waals surface area contributed by atoms with Gasteiger partial charge in [0.05, 0.1) is 0 Å². The van der Waals surface area contributed by atoms with Crippen molar-refractivity contribution in [3.63, 3.8) is 0 Å². The number of hydrogen-bond donors (Lipinski definition) is 1. The van der Waals surface area contributed by atoms with Crippen molar-refractivity contribution >= 4 is 0 Å². The van der Waals surface area contributed by atoms with Gasteiger partial charge in [-0.15, -0.1) is 0 Å². The fourth-order valence-electron chi connectivity index (χ4n) is 0.576. The van der Waals surface area contributed by atoms with Gasteiger partial charge < -0.3 is 0 Å². The maximum absolute atomic E-state index is 8.02. The summed E-state index contributed by atoms with van der Waals surface area (Å²) >= 11 is 0. The molecule has 7 heavy (non-hydrogen) atoms. The van der Waals surface area contributed by atoms with Crippen LogP contribution in [0.1, 0.15) is 13.3 Å². The van der Waals surface area contributed by atoms with E-state index in [0.717, 1.165) is 12.0 Å². The lowest BCUT2D eigenvalue weighted by molar-refractivity contribution is -0.271. The van der Waals surface area contributed by atoms with E-state index in [1.54, 1.807) is 0 Å². The Kier molecular flexibility index (Phi) is 1.13. The van der Waals surface area contributed by atoms with Crippen molar-refractivity contribution in [2.45, 2.75) is 19.4 Å². The topological polar surface area (TPSA) is 29.5 Å². The number of rotatable bonds is 1. The van der Waals surface area contributed by atoms with Gasteiger partial charge >= 0.3 is 0 Å².